The van der Waals surface area contributed by atoms with Crippen LogP contribution in [0.5, 0.6) is 5.75 Å². The van der Waals surface area contributed by atoms with Crippen LogP contribution < -0.4 is 4.74 Å². The molecule has 4 heteroatoms. The van der Waals surface area contributed by atoms with Crippen molar-refractivity contribution < 1.29 is 13.5 Å². The van der Waals surface area contributed by atoms with Crippen LogP contribution in [0.1, 0.15) is 11.1 Å². The highest BCUT2D eigenvalue weighted by atomic mass is 32.2. The molecule has 2 rings (SSSR count). The van der Waals surface area contributed by atoms with Gasteiger partial charge in [0.25, 0.3) is 0 Å². The number of hydrogen-bond acceptors (Lipinski definition) is 3. The summed E-state index contributed by atoms with van der Waals surface area (Å²) in [4.78, 5) is 0.216. The lowest BCUT2D eigenvalue weighted by Crippen LogP contribution is -2.05. The van der Waals surface area contributed by atoms with Gasteiger partial charge in [-0.1, -0.05) is 42.5 Å². The second-order valence-corrected chi connectivity index (χ2v) is 5.13. The molecule has 2 aromatic carbocycles. The minimum absolute atomic E-state index is 0.216. The van der Waals surface area contributed by atoms with Crippen molar-refractivity contribution >= 4 is 11.1 Å². The second kappa shape index (κ2) is 6.50. The predicted octanol–water partition coefficient (Wildman–Crippen LogP) is 2.85. The minimum atomic E-state index is -2.27. The second-order valence-electron chi connectivity index (χ2n) is 4.22. The van der Waals surface area contributed by atoms with Gasteiger partial charge in [-0.25, -0.2) is 0 Å². The molecule has 0 fully saturated rings. The Labute approximate surface area is 115 Å². The van der Waals surface area contributed by atoms with E-state index in [1.807, 2.05) is 43.3 Å². The quantitative estimate of drug-likeness (QED) is 0.788. The molecule has 1 unspecified atom stereocenters. The molecule has 1 atom stereocenters. The Kier molecular flexibility index (Phi) is 4.71. The molecule has 0 spiro atoms. The summed E-state index contributed by atoms with van der Waals surface area (Å²) in [6.07, 6.45) is 0.750. The molecule has 2 aromatic rings. The van der Waals surface area contributed by atoms with Gasteiger partial charge in [0.1, 0.15) is 5.75 Å². The van der Waals surface area contributed by atoms with E-state index in [0.29, 0.717) is 12.4 Å². The minimum Gasteiger partial charge on any atom is -0.768 e. The van der Waals surface area contributed by atoms with E-state index in [4.69, 9.17) is 4.74 Å². The van der Waals surface area contributed by atoms with Crippen LogP contribution in [0.2, 0.25) is 0 Å². The Bertz CT molecular complexity index is 567. The molecule has 0 radical (unpaired) electrons. The zero-order valence-corrected chi connectivity index (χ0v) is 11.5. The maximum atomic E-state index is 11.1. The molecule has 0 aliphatic rings. The summed E-state index contributed by atoms with van der Waals surface area (Å²) in [5.41, 5.74) is 2.00. The van der Waals surface area contributed by atoms with Gasteiger partial charge >= 0.3 is 0 Å². The molecule has 0 heterocycles. The van der Waals surface area contributed by atoms with E-state index in [1.54, 1.807) is 12.1 Å². The Morgan fingerprint density at radius 3 is 2.53 bits per heavy atom. The van der Waals surface area contributed by atoms with Gasteiger partial charge in [0.2, 0.25) is 0 Å². The van der Waals surface area contributed by atoms with Crippen molar-refractivity contribution in [2.75, 3.05) is 6.61 Å². The van der Waals surface area contributed by atoms with Crippen molar-refractivity contribution in [3.8, 4) is 5.75 Å². The van der Waals surface area contributed by atoms with E-state index in [1.165, 1.54) is 5.56 Å². The third-order valence-electron chi connectivity index (χ3n) is 2.84. The monoisotopic (exact) mass is 275 g/mol. The number of para-hydroxylation sites is 1. The van der Waals surface area contributed by atoms with Gasteiger partial charge in [0.05, 0.1) is 11.5 Å². The van der Waals surface area contributed by atoms with Crippen molar-refractivity contribution in [1.82, 2.24) is 0 Å². The lowest BCUT2D eigenvalue weighted by molar-refractivity contribution is 0.311. The summed E-state index contributed by atoms with van der Waals surface area (Å²) < 4.78 is 27.9. The highest BCUT2D eigenvalue weighted by Gasteiger charge is 2.07. The maximum Gasteiger partial charge on any atom is 0.137 e. The number of aryl methyl sites for hydroxylation is 1. The molecule has 0 saturated heterocycles. The molecule has 0 aromatic heterocycles. The first-order valence-corrected chi connectivity index (χ1v) is 7.11. The zero-order valence-electron chi connectivity index (χ0n) is 10.7. The van der Waals surface area contributed by atoms with Crippen LogP contribution in [0.4, 0.5) is 0 Å². The summed E-state index contributed by atoms with van der Waals surface area (Å²) in [6, 6.07) is 15.1. The lowest BCUT2D eigenvalue weighted by Gasteiger charge is -2.15. The van der Waals surface area contributed by atoms with E-state index in [0.717, 1.165) is 12.0 Å². The molecule has 0 bridgehead atoms. The Balaban J connectivity index is 2.05. The van der Waals surface area contributed by atoms with Crippen LogP contribution in [-0.4, -0.2) is 15.4 Å². The van der Waals surface area contributed by atoms with Gasteiger partial charge in [-0.2, -0.15) is 0 Å². The Morgan fingerprint density at radius 1 is 1.11 bits per heavy atom. The molecule has 0 amide bonds. The normalized spacial score (nSPS) is 12.1. The highest BCUT2D eigenvalue weighted by Crippen LogP contribution is 2.25. The lowest BCUT2D eigenvalue weighted by atomic mass is 10.2. The first-order valence-electron chi connectivity index (χ1n) is 6.04. The van der Waals surface area contributed by atoms with Gasteiger partial charge in [0.15, 0.2) is 0 Å². The predicted molar refractivity (Wildman–Crippen MR) is 74.0 cm³/mol. The average Bonchev–Trinajstić information content (AvgIpc) is 2.41. The summed E-state index contributed by atoms with van der Waals surface area (Å²) in [6.45, 7) is 2.30. The highest BCUT2D eigenvalue weighted by molar-refractivity contribution is 7.79. The maximum absolute atomic E-state index is 11.1. The Morgan fingerprint density at radius 2 is 1.84 bits per heavy atom. The summed E-state index contributed by atoms with van der Waals surface area (Å²) in [5, 5.41) is 0. The van der Waals surface area contributed by atoms with E-state index in [-0.39, 0.29) is 4.90 Å². The zero-order chi connectivity index (χ0) is 13.7. The summed E-state index contributed by atoms with van der Waals surface area (Å²) in [5.74, 6) is 0.451. The summed E-state index contributed by atoms with van der Waals surface area (Å²) in [7, 11) is 0. The molecule has 100 valence electrons. The first-order chi connectivity index (χ1) is 9.18. The van der Waals surface area contributed by atoms with E-state index >= 15 is 0 Å². The SMILES string of the molecule is Cc1cccc(S(=O)[O-])c1OCCc1ccccc1. The number of ether oxygens (including phenoxy) is 1. The molecule has 0 saturated carbocycles. The van der Waals surface area contributed by atoms with Crippen molar-refractivity contribution in [2.24, 2.45) is 0 Å². The van der Waals surface area contributed by atoms with Gasteiger partial charge in [-0.05, 0) is 35.2 Å². The third-order valence-corrected chi connectivity index (χ3v) is 3.52. The standard InChI is InChI=1S/C15H16O3S/c1-12-6-5-9-14(19(16)17)15(12)18-11-10-13-7-3-2-4-8-13/h2-9H,10-11H2,1H3,(H,16,17)/p-1. The van der Waals surface area contributed by atoms with Gasteiger partial charge in [-0.15, -0.1) is 0 Å². The third kappa shape index (κ3) is 3.66. The molecule has 3 nitrogen and oxygen atoms in total. The van der Waals surface area contributed by atoms with Gasteiger partial charge in [0, 0.05) is 6.42 Å². The van der Waals surface area contributed by atoms with Gasteiger partial charge in [-0.3, -0.25) is 4.21 Å². The fourth-order valence-corrected chi connectivity index (χ4v) is 2.42. The van der Waals surface area contributed by atoms with Crippen molar-refractivity contribution in [3.05, 3.63) is 59.7 Å². The first kappa shape index (κ1) is 13.8. The fraction of sp³-hybridized carbons (Fsp3) is 0.200. The molecule has 0 N–H and O–H groups in total. The smallest absolute Gasteiger partial charge is 0.137 e. The number of hydrogen-bond donors (Lipinski definition) is 0. The number of benzene rings is 2. The van der Waals surface area contributed by atoms with Crippen molar-refractivity contribution in [3.63, 3.8) is 0 Å². The Hall–Kier alpha value is -1.65. The fourth-order valence-electron chi connectivity index (χ4n) is 1.86. The van der Waals surface area contributed by atoms with E-state index in [9.17, 15) is 8.76 Å². The van der Waals surface area contributed by atoms with Crippen LogP contribution in [0.25, 0.3) is 0 Å². The number of rotatable bonds is 5. The molecular formula is C15H15O3S-. The topological polar surface area (TPSA) is 49.4 Å². The van der Waals surface area contributed by atoms with Crippen molar-refractivity contribution in [2.45, 2.75) is 18.2 Å². The van der Waals surface area contributed by atoms with Gasteiger partial charge < -0.3 is 9.29 Å². The van der Waals surface area contributed by atoms with E-state index < -0.39 is 11.1 Å². The average molecular weight is 275 g/mol. The molecule has 0 aliphatic carbocycles. The molecule has 0 aliphatic heterocycles. The summed E-state index contributed by atoms with van der Waals surface area (Å²) >= 11 is -2.27. The van der Waals surface area contributed by atoms with Crippen LogP contribution in [0.3, 0.4) is 0 Å². The van der Waals surface area contributed by atoms with E-state index in [2.05, 4.69) is 0 Å². The molecular weight excluding hydrogens is 260 g/mol. The largest absolute Gasteiger partial charge is 0.768 e. The molecule has 19 heavy (non-hydrogen) atoms. The van der Waals surface area contributed by atoms with Crippen LogP contribution >= 0.6 is 0 Å². The van der Waals surface area contributed by atoms with Crippen LogP contribution in [0.15, 0.2) is 53.4 Å². The van der Waals surface area contributed by atoms with Crippen LogP contribution in [-0.2, 0) is 17.5 Å². The van der Waals surface area contributed by atoms with Crippen LogP contribution in [0, 0.1) is 6.92 Å². The van der Waals surface area contributed by atoms with Crippen molar-refractivity contribution in [1.29, 1.82) is 0 Å².